The van der Waals surface area contributed by atoms with Gasteiger partial charge in [0.25, 0.3) is 0 Å². The van der Waals surface area contributed by atoms with Gasteiger partial charge in [-0.05, 0) is 36.6 Å². The van der Waals surface area contributed by atoms with E-state index in [1.807, 2.05) is 4.90 Å². The summed E-state index contributed by atoms with van der Waals surface area (Å²) in [6.07, 6.45) is -3.10. The minimum atomic E-state index is -4.43. The zero-order chi connectivity index (χ0) is 17.8. The Labute approximate surface area is 147 Å². The van der Waals surface area contributed by atoms with Gasteiger partial charge in [0.2, 0.25) is 0 Å². The van der Waals surface area contributed by atoms with Crippen molar-refractivity contribution in [2.75, 3.05) is 23.0 Å². The van der Waals surface area contributed by atoms with Crippen LogP contribution in [-0.4, -0.2) is 35.7 Å². The second-order valence-corrected chi connectivity index (χ2v) is 8.12. The number of nitrogens with zero attached hydrogens (tertiary/aromatic N) is 1. The van der Waals surface area contributed by atoms with Crippen LogP contribution in [0.5, 0.6) is 0 Å². The highest BCUT2D eigenvalue weighted by Gasteiger charge is 2.57. The third-order valence-electron chi connectivity index (χ3n) is 5.69. The molecule has 1 aromatic carbocycles. The Kier molecular flexibility index (Phi) is 3.90. The highest BCUT2D eigenvalue weighted by Crippen LogP contribution is 2.49. The Balaban J connectivity index is 1.87. The molecular formula is C18H18F3NO2S. The van der Waals surface area contributed by atoms with Crippen LogP contribution in [0, 0.1) is 5.41 Å². The molecule has 3 aliphatic rings. The number of carbonyl (C=O) groups excluding carboxylic acids is 2. The van der Waals surface area contributed by atoms with Crippen molar-refractivity contribution >= 4 is 29.0 Å². The number of anilines is 1. The molecule has 0 N–H and O–H groups in total. The fourth-order valence-electron chi connectivity index (χ4n) is 4.48. The number of halogens is 3. The summed E-state index contributed by atoms with van der Waals surface area (Å²) >= 11 is 1.71. The Hall–Kier alpha value is -1.50. The van der Waals surface area contributed by atoms with Crippen LogP contribution >= 0.6 is 11.8 Å². The highest BCUT2D eigenvalue weighted by atomic mass is 32.2. The summed E-state index contributed by atoms with van der Waals surface area (Å²) in [6, 6.07) is 3.49. The number of alkyl halides is 3. The first-order chi connectivity index (χ1) is 11.8. The molecule has 2 heterocycles. The van der Waals surface area contributed by atoms with Crippen molar-refractivity contribution in [1.82, 2.24) is 0 Å². The van der Waals surface area contributed by atoms with Gasteiger partial charge in [-0.3, -0.25) is 9.59 Å². The molecule has 1 aromatic rings. The number of thioether (sulfide) groups is 1. The van der Waals surface area contributed by atoms with E-state index in [1.54, 1.807) is 11.8 Å². The van der Waals surface area contributed by atoms with E-state index < -0.39 is 17.2 Å². The van der Waals surface area contributed by atoms with Crippen LogP contribution in [0.1, 0.15) is 30.4 Å². The standard InChI is InChI=1S/C18H18F3NO2S/c19-18(20,21)12-4-5-13-11(8-12)9-17(14-10-25-7-6-22(13)14)15(23)2-1-3-16(17)24/h4-5,8,14H,1-3,6-7,9-10H2/t14-/m0/s1. The minimum absolute atomic E-state index is 0.0932. The van der Waals surface area contributed by atoms with E-state index in [-0.39, 0.29) is 24.0 Å². The summed E-state index contributed by atoms with van der Waals surface area (Å²) < 4.78 is 39.4. The molecule has 1 atom stereocenters. The van der Waals surface area contributed by atoms with Crippen molar-refractivity contribution < 1.29 is 22.8 Å². The number of Topliss-reactive ketones (excluding diaryl/α,β-unsaturated/α-hetero) is 2. The average Bonchev–Trinajstić information content (AvgIpc) is 2.58. The van der Waals surface area contributed by atoms with Crippen LogP contribution in [0.4, 0.5) is 18.9 Å². The van der Waals surface area contributed by atoms with Crippen LogP contribution in [0.3, 0.4) is 0 Å². The van der Waals surface area contributed by atoms with Gasteiger partial charge in [-0.2, -0.15) is 24.9 Å². The van der Waals surface area contributed by atoms with Crippen LogP contribution in [-0.2, 0) is 22.2 Å². The topological polar surface area (TPSA) is 37.4 Å². The number of hydrogen-bond donors (Lipinski definition) is 0. The van der Waals surface area contributed by atoms with Crippen molar-refractivity contribution in [2.24, 2.45) is 5.41 Å². The maximum Gasteiger partial charge on any atom is 0.416 e. The van der Waals surface area contributed by atoms with Crippen molar-refractivity contribution in [1.29, 1.82) is 0 Å². The molecule has 7 heteroatoms. The largest absolute Gasteiger partial charge is 0.416 e. The maximum atomic E-state index is 13.1. The first kappa shape index (κ1) is 16.9. The first-order valence-corrected chi connectivity index (χ1v) is 9.60. The Morgan fingerprint density at radius 2 is 1.88 bits per heavy atom. The maximum absolute atomic E-state index is 13.1. The van der Waals surface area contributed by atoms with E-state index in [1.165, 1.54) is 6.07 Å². The molecule has 1 saturated carbocycles. The molecule has 134 valence electrons. The Morgan fingerprint density at radius 3 is 2.56 bits per heavy atom. The molecule has 0 amide bonds. The lowest BCUT2D eigenvalue weighted by Gasteiger charge is -2.52. The lowest BCUT2D eigenvalue weighted by atomic mass is 9.62. The molecule has 3 nitrogen and oxygen atoms in total. The smallest absolute Gasteiger partial charge is 0.365 e. The van der Waals surface area contributed by atoms with Gasteiger partial charge in [0.15, 0.2) is 0 Å². The molecule has 0 bridgehead atoms. The molecule has 0 aromatic heterocycles. The minimum Gasteiger partial charge on any atom is -0.365 e. The number of carbonyl (C=O) groups is 2. The molecule has 1 aliphatic carbocycles. The average molecular weight is 369 g/mol. The number of hydrogen-bond acceptors (Lipinski definition) is 4. The van der Waals surface area contributed by atoms with Crippen molar-refractivity contribution in [3.63, 3.8) is 0 Å². The van der Waals surface area contributed by atoms with Gasteiger partial charge in [-0.1, -0.05) is 0 Å². The second kappa shape index (κ2) is 5.76. The fourth-order valence-corrected chi connectivity index (χ4v) is 5.66. The first-order valence-electron chi connectivity index (χ1n) is 8.45. The van der Waals surface area contributed by atoms with E-state index in [0.29, 0.717) is 37.1 Å². The van der Waals surface area contributed by atoms with E-state index in [0.717, 1.165) is 23.6 Å². The summed E-state index contributed by atoms with van der Waals surface area (Å²) in [5.74, 6) is 1.32. The number of fused-ring (bicyclic) bond motifs is 4. The molecule has 1 spiro atoms. The van der Waals surface area contributed by atoms with Crippen LogP contribution < -0.4 is 4.90 Å². The van der Waals surface area contributed by atoms with E-state index in [2.05, 4.69) is 0 Å². The summed E-state index contributed by atoms with van der Waals surface area (Å²) in [5.41, 5.74) is -0.665. The van der Waals surface area contributed by atoms with E-state index >= 15 is 0 Å². The van der Waals surface area contributed by atoms with E-state index in [9.17, 15) is 22.8 Å². The zero-order valence-electron chi connectivity index (χ0n) is 13.6. The quantitative estimate of drug-likeness (QED) is 0.656. The summed E-state index contributed by atoms with van der Waals surface area (Å²) in [4.78, 5) is 27.7. The molecule has 1 saturated heterocycles. The SMILES string of the molecule is O=C1CCCC(=O)C12Cc1cc(C(F)(F)F)ccc1N1CCSC[C@H]12. The van der Waals surface area contributed by atoms with E-state index in [4.69, 9.17) is 0 Å². The van der Waals surface area contributed by atoms with Crippen molar-refractivity contribution in [2.45, 2.75) is 37.9 Å². The van der Waals surface area contributed by atoms with Gasteiger partial charge >= 0.3 is 6.18 Å². The Bertz CT molecular complexity index is 730. The third kappa shape index (κ3) is 2.50. The van der Waals surface area contributed by atoms with Gasteiger partial charge in [-0.25, -0.2) is 0 Å². The highest BCUT2D eigenvalue weighted by molar-refractivity contribution is 7.99. The molecular weight excluding hydrogens is 351 g/mol. The van der Waals surface area contributed by atoms with Crippen LogP contribution in [0.25, 0.3) is 0 Å². The summed E-state index contributed by atoms with van der Waals surface area (Å²) in [7, 11) is 0. The number of benzene rings is 1. The zero-order valence-corrected chi connectivity index (χ0v) is 14.4. The van der Waals surface area contributed by atoms with Gasteiger partial charge in [0, 0.05) is 36.6 Å². The number of ketones is 2. The van der Waals surface area contributed by atoms with Gasteiger partial charge < -0.3 is 4.90 Å². The molecule has 2 aliphatic heterocycles. The molecule has 0 radical (unpaired) electrons. The summed E-state index contributed by atoms with van der Waals surface area (Å²) in [5, 5.41) is 0. The molecule has 4 rings (SSSR count). The van der Waals surface area contributed by atoms with Gasteiger partial charge in [0.05, 0.1) is 11.6 Å². The fraction of sp³-hybridized carbons (Fsp3) is 0.556. The monoisotopic (exact) mass is 369 g/mol. The third-order valence-corrected chi connectivity index (χ3v) is 6.71. The predicted molar refractivity (Wildman–Crippen MR) is 89.9 cm³/mol. The molecule has 0 unspecified atom stereocenters. The van der Waals surface area contributed by atoms with Gasteiger partial charge in [-0.15, -0.1) is 0 Å². The summed E-state index contributed by atoms with van der Waals surface area (Å²) in [6.45, 7) is 0.649. The number of rotatable bonds is 0. The molecule has 2 fully saturated rings. The second-order valence-electron chi connectivity index (χ2n) is 6.97. The van der Waals surface area contributed by atoms with Crippen molar-refractivity contribution in [3.05, 3.63) is 29.3 Å². The van der Waals surface area contributed by atoms with Crippen molar-refractivity contribution in [3.8, 4) is 0 Å². The molecule has 25 heavy (non-hydrogen) atoms. The normalized spacial score (nSPS) is 25.7. The lowest BCUT2D eigenvalue weighted by molar-refractivity contribution is -0.145. The van der Waals surface area contributed by atoms with Gasteiger partial charge in [0.1, 0.15) is 17.0 Å². The lowest BCUT2D eigenvalue weighted by Crippen LogP contribution is -2.64. The van der Waals surface area contributed by atoms with Crippen LogP contribution in [0.15, 0.2) is 18.2 Å². The Morgan fingerprint density at radius 1 is 1.16 bits per heavy atom. The van der Waals surface area contributed by atoms with Crippen LogP contribution in [0.2, 0.25) is 0 Å². The predicted octanol–water partition coefficient (Wildman–Crippen LogP) is 3.49.